The lowest BCUT2D eigenvalue weighted by atomic mass is 9.83. The van der Waals surface area contributed by atoms with Gasteiger partial charge in [0.15, 0.2) is 0 Å². The SMILES string of the molecule is [2H]c1c([2H])c([2H])c([C@@H]2C[C@@H](N3CC([2H])([2H])CC(C)(C)C3)c3cc(Cl)ccc32)c([2H])c1[2H]. The van der Waals surface area contributed by atoms with Crippen LogP contribution in [0.1, 0.15) is 71.3 Å². The molecule has 0 spiro atoms. The first kappa shape index (κ1) is 9.99. The van der Waals surface area contributed by atoms with Gasteiger partial charge in [-0.1, -0.05) is 61.7 Å². The zero-order valence-electron chi connectivity index (χ0n) is 21.0. The van der Waals surface area contributed by atoms with E-state index in [0.717, 1.165) is 17.7 Å². The van der Waals surface area contributed by atoms with Crippen LogP contribution < -0.4 is 0 Å². The molecule has 24 heavy (non-hydrogen) atoms. The van der Waals surface area contributed by atoms with Crippen molar-refractivity contribution in [2.45, 2.75) is 45.0 Å². The molecule has 2 aromatic carbocycles. The highest BCUT2D eigenvalue weighted by Gasteiger charge is 2.38. The van der Waals surface area contributed by atoms with Crippen LogP contribution in [0.3, 0.4) is 0 Å². The summed E-state index contributed by atoms with van der Waals surface area (Å²) in [5, 5.41) is 0.574. The normalized spacial score (nSPS) is 32.5. The van der Waals surface area contributed by atoms with Crippen LogP contribution in [-0.4, -0.2) is 18.0 Å². The lowest BCUT2D eigenvalue weighted by Gasteiger charge is -2.41. The molecule has 0 aromatic heterocycles. The Labute approximate surface area is 160 Å². The maximum absolute atomic E-state index is 8.45. The minimum absolute atomic E-state index is 0.133. The van der Waals surface area contributed by atoms with Crippen molar-refractivity contribution in [3.8, 4) is 0 Å². The third kappa shape index (κ3) is 3.00. The molecule has 2 aliphatic rings. The molecule has 1 nitrogen and oxygen atoms in total. The van der Waals surface area contributed by atoms with E-state index in [-0.39, 0.29) is 41.5 Å². The monoisotopic (exact) mass is 346 g/mol. The average Bonchev–Trinajstić information content (AvgIpc) is 3.01. The number of halogens is 1. The molecule has 1 aliphatic carbocycles. The molecule has 1 heterocycles. The van der Waals surface area contributed by atoms with Crippen LogP contribution in [0.15, 0.2) is 48.4 Å². The van der Waals surface area contributed by atoms with Crippen molar-refractivity contribution in [3.63, 3.8) is 0 Å². The second-order valence-corrected chi connectivity index (χ2v) is 8.05. The van der Waals surface area contributed by atoms with Crippen molar-refractivity contribution >= 4 is 11.6 Å². The Morgan fingerprint density at radius 1 is 1.21 bits per heavy atom. The minimum Gasteiger partial charge on any atom is -0.296 e. The Hall–Kier alpha value is -1.31. The van der Waals surface area contributed by atoms with Crippen molar-refractivity contribution in [3.05, 3.63) is 70.1 Å². The standard InChI is InChI=1S/C22H26ClN/c1-22(2)11-6-12-24(15-22)21-14-19(16-7-4-3-5-8-16)18-10-9-17(23)13-20(18)21/h3-5,7-10,13,19,21H,6,11-12,14-15H2,1-2H3/t19-,21+/m0/s1/i3D,4D,5D,6D2,7D,8D. The summed E-state index contributed by atoms with van der Waals surface area (Å²) in [7, 11) is 0. The maximum Gasteiger partial charge on any atom is 0.0626 e. The number of hydrogen-bond acceptors (Lipinski definition) is 1. The van der Waals surface area contributed by atoms with Gasteiger partial charge in [-0.25, -0.2) is 0 Å². The molecule has 1 fully saturated rings. The second kappa shape index (κ2) is 6.20. The molecule has 1 aliphatic heterocycles. The van der Waals surface area contributed by atoms with E-state index >= 15 is 0 Å². The predicted octanol–water partition coefficient (Wildman–Crippen LogP) is 6.04. The van der Waals surface area contributed by atoms with Gasteiger partial charge >= 0.3 is 0 Å². The molecule has 2 heteroatoms. The summed E-state index contributed by atoms with van der Waals surface area (Å²) in [6.45, 7) is 5.15. The highest BCUT2D eigenvalue weighted by Crippen LogP contribution is 2.49. The molecule has 2 atom stereocenters. The Bertz CT molecular complexity index is 1010. The van der Waals surface area contributed by atoms with Gasteiger partial charge in [-0.3, -0.25) is 4.90 Å². The molecule has 2 aromatic rings. The first-order valence-corrected chi connectivity index (χ1v) is 8.79. The van der Waals surface area contributed by atoms with Gasteiger partial charge in [0.25, 0.3) is 0 Å². The molecule has 0 unspecified atom stereocenters. The molecule has 126 valence electrons. The van der Waals surface area contributed by atoms with Crippen molar-refractivity contribution < 1.29 is 9.60 Å². The summed E-state index contributed by atoms with van der Waals surface area (Å²) >= 11 is 6.32. The summed E-state index contributed by atoms with van der Waals surface area (Å²) < 4.78 is 57.8. The van der Waals surface area contributed by atoms with E-state index in [4.69, 9.17) is 21.2 Å². The van der Waals surface area contributed by atoms with Gasteiger partial charge < -0.3 is 0 Å². The summed E-state index contributed by atoms with van der Waals surface area (Å²) in [6, 6.07) is 4.00. The highest BCUT2D eigenvalue weighted by molar-refractivity contribution is 6.30. The zero-order chi connectivity index (χ0) is 22.9. The number of likely N-dealkylation sites (tertiary alicyclic amines) is 1. The summed E-state index contributed by atoms with van der Waals surface area (Å²) in [5.74, 6) is -0.373. The van der Waals surface area contributed by atoms with Gasteiger partial charge in [0.2, 0.25) is 0 Å². The van der Waals surface area contributed by atoms with E-state index < -0.39 is 12.4 Å². The fraction of sp³-hybridized carbons (Fsp3) is 0.455. The van der Waals surface area contributed by atoms with E-state index in [1.165, 1.54) is 0 Å². The Morgan fingerprint density at radius 3 is 2.75 bits per heavy atom. The first-order valence-electron chi connectivity index (χ1n) is 11.9. The van der Waals surface area contributed by atoms with Crippen LogP contribution >= 0.6 is 11.6 Å². The van der Waals surface area contributed by atoms with E-state index in [1.807, 2.05) is 12.1 Å². The summed E-state index contributed by atoms with van der Waals surface area (Å²) in [4.78, 5) is 2.15. The van der Waals surface area contributed by atoms with Crippen molar-refractivity contribution in [1.82, 2.24) is 4.90 Å². The predicted molar refractivity (Wildman–Crippen MR) is 102 cm³/mol. The minimum atomic E-state index is -1.32. The van der Waals surface area contributed by atoms with Crippen LogP contribution in [0.5, 0.6) is 0 Å². The Balaban J connectivity index is 1.84. The van der Waals surface area contributed by atoms with Gasteiger partial charge in [-0.2, -0.15) is 0 Å². The number of fused-ring (bicyclic) bond motifs is 1. The summed E-state index contributed by atoms with van der Waals surface area (Å²) in [5.41, 5.74) is 1.96. The third-order valence-corrected chi connectivity index (χ3v) is 5.34. The Kier molecular flexibility index (Phi) is 2.58. The molecule has 4 rings (SSSR count). The van der Waals surface area contributed by atoms with Crippen LogP contribution in [0.4, 0.5) is 0 Å². The van der Waals surface area contributed by atoms with E-state index in [2.05, 4.69) is 18.7 Å². The van der Waals surface area contributed by atoms with Crippen molar-refractivity contribution in [2.75, 3.05) is 13.1 Å². The molecule has 0 saturated carbocycles. The van der Waals surface area contributed by atoms with Gasteiger partial charge in [-0.15, -0.1) is 0 Å². The highest BCUT2D eigenvalue weighted by atomic mass is 35.5. The number of rotatable bonds is 2. The molecule has 0 radical (unpaired) electrons. The topological polar surface area (TPSA) is 3.24 Å². The van der Waals surface area contributed by atoms with Crippen molar-refractivity contribution in [1.29, 1.82) is 0 Å². The fourth-order valence-electron chi connectivity index (χ4n) is 4.10. The number of piperidine rings is 1. The zero-order valence-corrected chi connectivity index (χ0v) is 14.8. The molecule has 0 N–H and O–H groups in total. The van der Waals surface area contributed by atoms with Crippen LogP contribution in [0.25, 0.3) is 0 Å². The Morgan fingerprint density at radius 2 is 2.00 bits per heavy atom. The molecule has 1 saturated heterocycles. The van der Waals surface area contributed by atoms with Gasteiger partial charge in [0.1, 0.15) is 0 Å². The van der Waals surface area contributed by atoms with Gasteiger partial charge in [0, 0.05) is 26.3 Å². The average molecular weight is 347 g/mol. The van der Waals surface area contributed by atoms with E-state index in [9.17, 15) is 0 Å². The van der Waals surface area contributed by atoms with E-state index in [0.29, 0.717) is 30.0 Å². The van der Waals surface area contributed by atoms with Gasteiger partial charge in [-0.05, 0) is 60.0 Å². The summed E-state index contributed by atoms with van der Waals surface area (Å²) in [6.07, 6.45) is -0.316. The molecule has 0 amide bonds. The van der Waals surface area contributed by atoms with Crippen LogP contribution in [0, 0.1) is 5.41 Å². The maximum atomic E-state index is 8.45. The van der Waals surface area contributed by atoms with Crippen LogP contribution in [0.2, 0.25) is 5.02 Å². The first-order chi connectivity index (χ1) is 14.3. The smallest absolute Gasteiger partial charge is 0.0626 e. The molecular formula is C22H26ClN. The number of hydrogen-bond donors (Lipinski definition) is 0. The van der Waals surface area contributed by atoms with Crippen LogP contribution in [-0.2, 0) is 0 Å². The largest absolute Gasteiger partial charge is 0.296 e. The molecule has 0 bridgehead atoms. The number of benzene rings is 2. The number of nitrogens with zero attached hydrogens (tertiary/aromatic N) is 1. The second-order valence-electron chi connectivity index (χ2n) is 7.61. The third-order valence-electron chi connectivity index (χ3n) is 5.10. The lowest BCUT2D eigenvalue weighted by molar-refractivity contribution is 0.0769. The van der Waals surface area contributed by atoms with Gasteiger partial charge in [0.05, 0.1) is 6.85 Å². The quantitative estimate of drug-likeness (QED) is 0.640. The van der Waals surface area contributed by atoms with Crippen molar-refractivity contribution in [2.24, 2.45) is 5.41 Å². The molecular weight excluding hydrogens is 314 g/mol. The fourth-order valence-corrected chi connectivity index (χ4v) is 4.28. The van der Waals surface area contributed by atoms with E-state index in [1.54, 1.807) is 6.07 Å². The lowest BCUT2D eigenvalue weighted by Crippen LogP contribution is -2.41.